The molecule has 0 unspecified atom stereocenters. The zero-order valence-corrected chi connectivity index (χ0v) is 57.0. The molecule has 0 amide bonds. The van der Waals surface area contributed by atoms with Gasteiger partial charge in [0.05, 0.1) is 34.6 Å². The normalized spacial score (nSPS) is 11.5. The Balaban J connectivity index is 0.000000203. The van der Waals surface area contributed by atoms with E-state index in [9.17, 15) is 20.1 Å². The molecular formula is C84H76N6O2S2. The van der Waals surface area contributed by atoms with E-state index in [0.717, 1.165) is 72.1 Å². The molecular weight excluding hydrogens is 1190 g/mol. The summed E-state index contributed by atoms with van der Waals surface area (Å²) in [5.74, 6) is -0.490. The summed E-state index contributed by atoms with van der Waals surface area (Å²) in [6, 6.07) is 57.9. The second-order valence-electron chi connectivity index (χ2n) is 25.0. The van der Waals surface area contributed by atoms with Crippen LogP contribution in [-0.4, -0.2) is 29.1 Å². The van der Waals surface area contributed by atoms with Crippen molar-refractivity contribution in [2.45, 2.75) is 111 Å². The molecule has 12 rings (SSSR count). The van der Waals surface area contributed by atoms with Crippen LogP contribution in [0.25, 0.3) is 123 Å². The van der Waals surface area contributed by atoms with Crippen molar-refractivity contribution in [3.05, 3.63) is 246 Å². The number of hydrogen-bond donors (Lipinski definition) is 0. The second-order valence-corrected chi connectivity index (χ2v) is 26.1. The van der Waals surface area contributed by atoms with Gasteiger partial charge in [-0.15, -0.1) is 0 Å². The average molecular weight is 1270 g/mol. The number of allylic oxidation sites excluding steroid dienone is 2. The van der Waals surface area contributed by atoms with Gasteiger partial charge in [-0.2, -0.15) is 28.0 Å². The number of rotatable bonds is 12. The molecule has 0 radical (unpaired) electrons. The van der Waals surface area contributed by atoms with Crippen molar-refractivity contribution in [2.75, 3.05) is 0 Å². The van der Waals surface area contributed by atoms with Crippen molar-refractivity contribution >= 4 is 69.2 Å². The zero-order valence-electron chi connectivity index (χ0n) is 55.4. The van der Waals surface area contributed by atoms with Crippen molar-refractivity contribution in [3.8, 4) is 101 Å². The Labute approximate surface area is 562 Å². The van der Waals surface area contributed by atoms with E-state index in [-0.39, 0.29) is 30.1 Å². The molecule has 0 atom stereocenters. The van der Waals surface area contributed by atoms with Gasteiger partial charge in [0.15, 0.2) is 11.6 Å². The number of carbonyl (C=O) groups excluding carboxylic acids is 2. The van der Waals surface area contributed by atoms with Crippen LogP contribution in [0, 0.1) is 113 Å². The molecule has 0 fully saturated rings. The summed E-state index contributed by atoms with van der Waals surface area (Å²) < 4.78 is 19.3. The van der Waals surface area contributed by atoms with Gasteiger partial charge in [-0.05, 0) is 251 Å². The van der Waals surface area contributed by atoms with E-state index < -0.39 is 0 Å². The highest BCUT2D eigenvalue weighted by atomic mass is 32.1. The molecule has 0 aliphatic heterocycles. The van der Waals surface area contributed by atoms with Crippen LogP contribution < -0.4 is 0 Å². The summed E-state index contributed by atoms with van der Waals surface area (Å²) in [5.41, 5.74) is 39.9. The Morgan fingerprint density at radius 1 is 0.330 bits per heavy atom. The Hall–Kier alpha value is -10.4. The van der Waals surface area contributed by atoms with Gasteiger partial charge < -0.3 is 0 Å². The van der Waals surface area contributed by atoms with Crippen molar-refractivity contribution in [3.63, 3.8) is 0 Å². The fraction of sp³-hybridized carbons (Fsp3) is 0.190. The topological polar surface area (TPSA) is 133 Å². The molecule has 466 valence electrons. The Morgan fingerprint density at radius 2 is 0.606 bits per heavy atom. The largest absolute Gasteiger partial charge is 0.294 e. The van der Waals surface area contributed by atoms with E-state index in [4.69, 9.17) is 17.5 Å². The second kappa shape index (κ2) is 27.5. The number of ketones is 2. The highest BCUT2D eigenvalue weighted by Gasteiger charge is 2.25. The zero-order chi connectivity index (χ0) is 66.3. The molecule has 0 N–H and O–H groups in total. The molecule has 0 bridgehead atoms. The van der Waals surface area contributed by atoms with E-state index in [0.29, 0.717) is 0 Å². The summed E-state index contributed by atoms with van der Waals surface area (Å²) >= 11 is 2.45. The van der Waals surface area contributed by atoms with Crippen LogP contribution in [-0.2, 0) is 9.59 Å². The Morgan fingerprint density at radius 3 is 0.936 bits per heavy atom. The number of nitrogens with zero attached hydrogens (tertiary/aromatic N) is 6. The molecule has 2 heterocycles. The lowest BCUT2D eigenvalue weighted by molar-refractivity contribution is -0.114. The van der Waals surface area contributed by atoms with Gasteiger partial charge in [0.1, 0.15) is 34.2 Å². The Bertz CT molecular complexity index is 4960. The molecule has 0 aliphatic carbocycles. The first-order chi connectivity index (χ1) is 44.5. The first kappa shape index (κ1) is 66.6. The van der Waals surface area contributed by atoms with E-state index in [1.807, 2.05) is 60.7 Å². The summed E-state index contributed by atoms with van der Waals surface area (Å²) in [7, 11) is 0. The average Bonchev–Trinajstić information content (AvgIpc) is 1.05. The van der Waals surface area contributed by atoms with Crippen LogP contribution in [0.3, 0.4) is 0 Å². The van der Waals surface area contributed by atoms with Gasteiger partial charge in [-0.25, -0.2) is 0 Å². The maximum absolute atomic E-state index is 11.8. The van der Waals surface area contributed by atoms with Gasteiger partial charge in [-0.3, -0.25) is 9.59 Å². The van der Waals surface area contributed by atoms with Gasteiger partial charge in [0.25, 0.3) is 0 Å². The maximum Gasteiger partial charge on any atom is 0.170 e. The number of aromatic nitrogens is 4. The van der Waals surface area contributed by atoms with Gasteiger partial charge in [0.2, 0.25) is 0 Å². The number of hydrogen-bond acceptors (Lipinski definition) is 10. The Kier molecular flexibility index (Phi) is 19.4. The van der Waals surface area contributed by atoms with Gasteiger partial charge in [0, 0.05) is 22.3 Å². The quantitative estimate of drug-likeness (QED) is 0.0872. The predicted octanol–water partition coefficient (Wildman–Crippen LogP) is 22.4. The standard InChI is InChI=1S/C42H37N3OS.C41H35N3OS.CH4/c1-23-15-24(2)18-33(17-23)38-27(5)39(34-19-25(3)16-26(4)20-34)29(7)40(28(38)6)37-14-13-36(41-42(37)45-47-44-41)32-11-9-31(10-12-32)21-35(22-43)30(8)46;1-23-14-25(3)38(26(4)15-23)33-19-32(20-34(21-33)39-27(5)16-24(2)17-28(39)6)37-13-12-36(40-41(37)44-46-43-40)31-10-8-30(9-11-31)18-35(22-42)29(7)45;/h9-21H,1-8H3;8-21H,1-7H3;1H4/b35-21+;35-18+;. The third-order valence-corrected chi connectivity index (χ3v) is 18.7. The molecule has 8 nitrogen and oxygen atoms in total. The molecule has 94 heavy (non-hydrogen) atoms. The van der Waals surface area contributed by atoms with Crippen LogP contribution in [0.2, 0.25) is 0 Å². The number of nitriles is 2. The highest BCUT2D eigenvalue weighted by molar-refractivity contribution is 7.00. The smallest absolute Gasteiger partial charge is 0.170 e. The van der Waals surface area contributed by atoms with Crippen LogP contribution in [0.5, 0.6) is 0 Å². The van der Waals surface area contributed by atoms with Crippen molar-refractivity contribution in [1.29, 1.82) is 10.5 Å². The fourth-order valence-electron chi connectivity index (χ4n) is 14.0. The molecule has 0 aliphatic rings. The summed E-state index contributed by atoms with van der Waals surface area (Å²) in [4.78, 5) is 23.5. The number of aryl methyl sites for hydroxylation is 10. The van der Waals surface area contributed by atoms with Crippen molar-refractivity contribution in [2.24, 2.45) is 0 Å². The minimum atomic E-state index is -0.245. The molecule has 10 aromatic carbocycles. The van der Waals surface area contributed by atoms with E-state index in [1.54, 1.807) is 12.2 Å². The van der Waals surface area contributed by atoms with Crippen molar-refractivity contribution in [1.82, 2.24) is 17.5 Å². The maximum atomic E-state index is 11.8. The number of fused-ring (bicyclic) bond motifs is 2. The van der Waals surface area contributed by atoms with Crippen molar-refractivity contribution < 1.29 is 9.59 Å². The fourth-order valence-corrected chi connectivity index (χ4v) is 15.1. The third-order valence-electron chi connectivity index (χ3n) is 17.6. The van der Waals surface area contributed by atoms with E-state index in [1.165, 1.54) is 160 Å². The lowest BCUT2D eigenvalue weighted by Gasteiger charge is -2.24. The molecule has 0 spiro atoms. The SMILES string of the molecule is C.CC(=O)/C(C#N)=C/c1ccc(-c2ccc(-c3c(C)c(-c4cc(C)cc(C)c4)c(C)c(-c4cc(C)cc(C)c4)c3C)c3nsnc23)cc1.CC(=O)/C(C#N)=C/c1ccc(-c2ccc(-c3cc(-c4c(C)cc(C)cc4C)cc(-c4c(C)cc(C)cc4C)c3)c3nsnc23)cc1. The van der Waals surface area contributed by atoms with E-state index >= 15 is 0 Å². The number of Topliss-reactive ketones (excluding diaryl/α,β-unsaturated/α-hetero) is 2. The summed E-state index contributed by atoms with van der Waals surface area (Å²) in [6.45, 7) is 31.3. The number of carbonyl (C=O) groups is 2. The predicted molar refractivity (Wildman–Crippen MR) is 395 cm³/mol. The molecule has 2 aromatic heterocycles. The third kappa shape index (κ3) is 13.3. The van der Waals surface area contributed by atoms with Crippen LogP contribution in [0.4, 0.5) is 0 Å². The van der Waals surface area contributed by atoms with Crippen LogP contribution in [0.1, 0.15) is 105 Å². The summed E-state index contributed by atoms with van der Waals surface area (Å²) in [5, 5.41) is 18.6. The lowest BCUT2D eigenvalue weighted by atomic mass is 9.79. The highest BCUT2D eigenvalue weighted by Crippen LogP contribution is 2.48. The van der Waals surface area contributed by atoms with E-state index in [2.05, 4.69) is 193 Å². The monoisotopic (exact) mass is 1260 g/mol. The molecule has 10 heteroatoms. The number of benzene rings is 10. The minimum absolute atomic E-state index is 0. The first-order valence-corrected chi connectivity index (χ1v) is 32.6. The lowest BCUT2D eigenvalue weighted by Crippen LogP contribution is -2.02. The summed E-state index contributed by atoms with van der Waals surface area (Å²) in [6.07, 6.45) is 3.24. The molecule has 12 aromatic rings. The van der Waals surface area contributed by atoms with Crippen LogP contribution in [0.15, 0.2) is 163 Å². The molecule has 0 saturated heterocycles. The molecule has 0 saturated carbocycles. The van der Waals surface area contributed by atoms with Crippen LogP contribution >= 0.6 is 23.5 Å². The van der Waals surface area contributed by atoms with Gasteiger partial charge >= 0.3 is 0 Å². The minimum Gasteiger partial charge on any atom is -0.294 e. The van der Waals surface area contributed by atoms with Gasteiger partial charge in [-0.1, -0.05) is 174 Å². The first-order valence-electron chi connectivity index (χ1n) is 31.1.